The Morgan fingerprint density at radius 1 is 1.11 bits per heavy atom. The van der Waals surface area contributed by atoms with Crippen LogP contribution in [0.3, 0.4) is 0 Å². The summed E-state index contributed by atoms with van der Waals surface area (Å²) >= 11 is 0. The number of hydrogen-bond donors (Lipinski definition) is 2. The number of fused-ring (bicyclic) bond motifs is 1. The molecular weight excluding hydrogens is 462 g/mol. The summed E-state index contributed by atoms with van der Waals surface area (Å²) in [4.78, 5) is 33.6. The van der Waals surface area contributed by atoms with Gasteiger partial charge in [-0.2, -0.15) is 0 Å². The third-order valence-corrected chi connectivity index (χ3v) is 8.90. The second-order valence-corrected chi connectivity index (χ2v) is 11.1. The monoisotopic (exact) mass is 501 g/mol. The lowest BCUT2D eigenvalue weighted by atomic mass is 9.69. The molecule has 1 aliphatic heterocycles. The number of aryl methyl sites for hydroxylation is 1. The van der Waals surface area contributed by atoms with Crippen molar-refractivity contribution in [1.82, 2.24) is 19.8 Å². The molecule has 0 radical (unpaired) electrons. The smallest absolute Gasteiger partial charge is 0.238 e. The number of benzene rings is 1. The highest BCUT2D eigenvalue weighted by atomic mass is 16.2. The summed E-state index contributed by atoms with van der Waals surface area (Å²) in [6.45, 7) is 4.61. The van der Waals surface area contributed by atoms with Gasteiger partial charge in [0.1, 0.15) is 5.54 Å². The Hall–Kier alpha value is -3.19. The van der Waals surface area contributed by atoms with E-state index in [4.69, 9.17) is 5.73 Å². The summed E-state index contributed by atoms with van der Waals surface area (Å²) in [6.07, 6.45) is 13.0. The Balaban J connectivity index is 1.49. The molecule has 2 fully saturated rings. The van der Waals surface area contributed by atoms with Crippen molar-refractivity contribution in [2.45, 2.75) is 70.4 Å². The van der Waals surface area contributed by atoms with Gasteiger partial charge in [0.25, 0.3) is 0 Å². The van der Waals surface area contributed by atoms with E-state index in [0.717, 1.165) is 55.3 Å². The normalized spacial score (nSPS) is 21.2. The topological polar surface area (TPSA) is 93.2 Å². The number of primary amides is 1. The number of rotatable bonds is 7. The molecule has 1 saturated carbocycles. The molecule has 3 atom stereocenters. The lowest BCUT2D eigenvalue weighted by Gasteiger charge is -2.43. The molecule has 2 aromatic heterocycles. The second kappa shape index (κ2) is 10.3. The summed E-state index contributed by atoms with van der Waals surface area (Å²) < 4.78 is 2.18. The molecule has 2 aliphatic rings. The predicted molar refractivity (Wildman–Crippen MR) is 146 cm³/mol. The van der Waals surface area contributed by atoms with E-state index in [9.17, 15) is 9.59 Å². The SMILES string of the molecule is CNC(C)(C(N)=O)[C@@H](C(=O)N1CCC[C@H]1c1cncc(-n2cc(C)c3ccccc32)c1)C1CCCCC1. The third kappa shape index (κ3) is 4.54. The maximum Gasteiger partial charge on any atom is 0.238 e. The lowest BCUT2D eigenvalue weighted by molar-refractivity contribution is -0.147. The van der Waals surface area contributed by atoms with E-state index >= 15 is 0 Å². The fourth-order valence-electron chi connectivity index (χ4n) is 6.70. The molecule has 1 saturated heterocycles. The Bertz CT molecular complexity index is 1290. The molecule has 3 aromatic rings. The van der Waals surface area contributed by atoms with Gasteiger partial charge >= 0.3 is 0 Å². The first-order valence-electron chi connectivity index (χ1n) is 13.7. The van der Waals surface area contributed by atoms with Crippen molar-refractivity contribution in [2.75, 3.05) is 13.6 Å². The van der Waals surface area contributed by atoms with Crippen molar-refractivity contribution >= 4 is 22.7 Å². The number of nitrogens with two attached hydrogens (primary N) is 1. The van der Waals surface area contributed by atoms with E-state index in [2.05, 4.69) is 58.3 Å². The van der Waals surface area contributed by atoms with E-state index in [1.165, 1.54) is 17.4 Å². The summed E-state index contributed by atoms with van der Waals surface area (Å²) in [7, 11) is 1.74. The van der Waals surface area contributed by atoms with Crippen LogP contribution in [0, 0.1) is 18.8 Å². The fourth-order valence-corrected chi connectivity index (χ4v) is 6.70. The number of nitrogens with zero attached hydrogens (tertiary/aromatic N) is 3. The molecule has 1 unspecified atom stereocenters. The minimum Gasteiger partial charge on any atom is -0.368 e. The minimum atomic E-state index is -1.09. The Labute approximate surface area is 219 Å². The van der Waals surface area contributed by atoms with Gasteiger partial charge in [-0.1, -0.05) is 37.5 Å². The number of pyridine rings is 1. The van der Waals surface area contributed by atoms with Crippen LogP contribution < -0.4 is 11.1 Å². The predicted octanol–water partition coefficient (Wildman–Crippen LogP) is 4.66. The highest BCUT2D eigenvalue weighted by Gasteiger charge is 2.50. The zero-order valence-electron chi connectivity index (χ0n) is 22.2. The maximum absolute atomic E-state index is 14.3. The first-order valence-corrected chi connectivity index (χ1v) is 13.7. The van der Waals surface area contributed by atoms with Gasteiger partial charge in [0.05, 0.1) is 29.4 Å². The van der Waals surface area contributed by atoms with Gasteiger partial charge < -0.3 is 20.5 Å². The van der Waals surface area contributed by atoms with Crippen LogP contribution in [0.15, 0.2) is 48.9 Å². The number of nitrogens with one attached hydrogen (secondary N) is 1. The standard InChI is InChI=1S/C30H39N5O2/c1-20-19-35(26-13-8-7-12-24(20)26)23-16-22(17-33-18-23)25-14-9-15-34(25)28(36)27(21-10-5-4-6-11-21)30(2,32-3)29(31)37/h7-8,12-13,16-19,21,25,27,32H,4-6,9-11,14-15H2,1-3H3,(H2,31,37)/t25-,27+,30?/m0/s1. The molecule has 2 amide bonds. The van der Waals surface area contributed by atoms with Crippen LogP contribution in [-0.4, -0.2) is 45.4 Å². The molecule has 0 spiro atoms. The van der Waals surface area contributed by atoms with Crippen molar-refractivity contribution in [3.63, 3.8) is 0 Å². The van der Waals surface area contributed by atoms with Gasteiger partial charge in [-0.3, -0.25) is 14.6 Å². The lowest BCUT2D eigenvalue weighted by Crippen LogP contribution is -2.63. The van der Waals surface area contributed by atoms with Gasteiger partial charge in [0.2, 0.25) is 11.8 Å². The van der Waals surface area contributed by atoms with E-state index in [1.54, 1.807) is 14.0 Å². The van der Waals surface area contributed by atoms with Crippen LogP contribution in [0.4, 0.5) is 0 Å². The quantitative estimate of drug-likeness (QED) is 0.493. The van der Waals surface area contributed by atoms with E-state index in [1.807, 2.05) is 17.3 Å². The van der Waals surface area contributed by atoms with Crippen molar-refractivity contribution in [3.05, 3.63) is 60.0 Å². The van der Waals surface area contributed by atoms with Crippen LogP contribution >= 0.6 is 0 Å². The number of likely N-dealkylation sites (N-methyl/N-ethyl adjacent to an activating group) is 1. The van der Waals surface area contributed by atoms with Crippen molar-refractivity contribution in [1.29, 1.82) is 0 Å². The first kappa shape index (κ1) is 25.5. The third-order valence-electron chi connectivity index (χ3n) is 8.90. The number of para-hydroxylation sites is 1. The molecule has 7 heteroatoms. The molecule has 3 N–H and O–H groups in total. The van der Waals surface area contributed by atoms with Gasteiger partial charge in [-0.05, 0) is 75.8 Å². The van der Waals surface area contributed by atoms with E-state index < -0.39 is 17.4 Å². The highest BCUT2D eigenvalue weighted by molar-refractivity contribution is 5.93. The minimum absolute atomic E-state index is 0.0395. The van der Waals surface area contributed by atoms with Gasteiger partial charge in [-0.15, -0.1) is 0 Å². The summed E-state index contributed by atoms with van der Waals surface area (Å²) in [5.74, 6) is -0.764. The van der Waals surface area contributed by atoms with E-state index in [-0.39, 0.29) is 17.9 Å². The Kier molecular flexibility index (Phi) is 7.08. The zero-order valence-corrected chi connectivity index (χ0v) is 22.2. The second-order valence-electron chi connectivity index (χ2n) is 11.1. The Morgan fingerprint density at radius 3 is 2.59 bits per heavy atom. The Morgan fingerprint density at radius 2 is 1.86 bits per heavy atom. The van der Waals surface area contributed by atoms with Crippen LogP contribution in [0.1, 0.15) is 69.0 Å². The summed E-state index contributed by atoms with van der Waals surface area (Å²) in [6, 6.07) is 10.5. The average Bonchev–Trinajstić information content (AvgIpc) is 3.55. The number of carbonyl (C=O) groups is 2. The van der Waals surface area contributed by atoms with Crippen LogP contribution in [0.2, 0.25) is 0 Å². The molecule has 196 valence electrons. The molecule has 5 rings (SSSR count). The van der Waals surface area contributed by atoms with E-state index in [0.29, 0.717) is 6.54 Å². The number of amides is 2. The molecule has 37 heavy (non-hydrogen) atoms. The first-order chi connectivity index (χ1) is 17.8. The largest absolute Gasteiger partial charge is 0.368 e. The van der Waals surface area contributed by atoms with Gasteiger partial charge in [0.15, 0.2) is 0 Å². The highest BCUT2D eigenvalue weighted by Crippen LogP contribution is 2.41. The summed E-state index contributed by atoms with van der Waals surface area (Å²) in [5.41, 5.74) is 9.21. The van der Waals surface area contributed by atoms with Gasteiger partial charge in [-0.25, -0.2) is 0 Å². The number of aromatic nitrogens is 2. The molecule has 1 aliphatic carbocycles. The van der Waals surface area contributed by atoms with Crippen LogP contribution in [-0.2, 0) is 9.59 Å². The number of carbonyl (C=O) groups excluding carboxylic acids is 2. The van der Waals surface area contributed by atoms with Crippen LogP contribution in [0.5, 0.6) is 0 Å². The molecule has 3 heterocycles. The summed E-state index contributed by atoms with van der Waals surface area (Å²) in [5, 5.41) is 4.37. The van der Waals surface area contributed by atoms with Crippen molar-refractivity contribution < 1.29 is 9.59 Å². The average molecular weight is 502 g/mol. The molecular formula is C30H39N5O2. The van der Waals surface area contributed by atoms with Crippen molar-refractivity contribution in [2.24, 2.45) is 17.6 Å². The van der Waals surface area contributed by atoms with Crippen LogP contribution in [0.25, 0.3) is 16.6 Å². The maximum atomic E-state index is 14.3. The molecule has 1 aromatic carbocycles. The molecule has 0 bridgehead atoms. The number of likely N-dealkylation sites (tertiary alicyclic amines) is 1. The zero-order chi connectivity index (χ0) is 26.2. The van der Waals surface area contributed by atoms with Crippen molar-refractivity contribution in [3.8, 4) is 5.69 Å². The van der Waals surface area contributed by atoms with Gasteiger partial charge in [0, 0.05) is 24.3 Å². The molecule has 7 nitrogen and oxygen atoms in total. The fraction of sp³-hybridized carbons (Fsp3) is 0.500. The number of hydrogen-bond acceptors (Lipinski definition) is 4.